The molecule has 1 aliphatic rings. The highest BCUT2D eigenvalue weighted by molar-refractivity contribution is 9.11. The predicted octanol–water partition coefficient (Wildman–Crippen LogP) is 2.77. The van der Waals surface area contributed by atoms with Gasteiger partial charge in [0.05, 0.1) is 9.70 Å². The van der Waals surface area contributed by atoms with E-state index in [-0.39, 0.29) is 11.8 Å². The topological polar surface area (TPSA) is 57.6 Å². The molecule has 0 bridgehead atoms. The molecular formula is C13H16BrNO3S. The zero-order chi connectivity index (χ0) is 13.8. The van der Waals surface area contributed by atoms with Gasteiger partial charge in [0.25, 0.3) is 0 Å². The number of nitrogens with zero attached hydrogens (tertiary/aromatic N) is 1. The Kier molecular flexibility index (Phi) is 4.99. The minimum atomic E-state index is -0.793. The van der Waals surface area contributed by atoms with Crippen molar-refractivity contribution in [2.75, 3.05) is 13.1 Å². The Bertz CT molecular complexity index is 474. The van der Waals surface area contributed by atoms with E-state index in [0.717, 1.165) is 16.6 Å². The number of thiophene rings is 1. The molecule has 0 saturated carbocycles. The van der Waals surface area contributed by atoms with Crippen LogP contribution in [-0.4, -0.2) is 35.0 Å². The van der Waals surface area contributed by atoms with Gasteiger partial charge in [-0.2, -0.15) is 0 Å². The molecule has 1 aromatic rings. The number of halogens is 1. The van der Waals surface area contributed by atoms with Crippen molar-refractivity contribution in [3.8, 4) is 0 Å². The number of hydrogen-bond donors (Lipinski definition) is 1. The Labute approximate surface area is 124 Å². The van der Waals surface area contributed by atoms with Crippen LogP contribution in [0.15, 0.2) is 15.9 Å². The van der Waals surface area contributed by atoms with Gasteiger partial charge >= 0.3 is 5.97 Å². The highest BCUT2D eigenvalue weighted by atomic mass is 79.9. The van der Waals surface area contributed by atoms with Crippen molar-refractivity contribution in [3.63, 3.8) is 0 Å². The number of carbonyl (C=O) groups is 2. The van der Waals surface area contributed by atoms with E-state index in [0.29, 0.717) is 25.9 Å². The summed E-state index contributed by atoms with van der Waals surface area (Å²) in [5, 5.41) is 8.90. The number of carboxylic acids is 1. The van der Waals surface area contributed by atoms with Crippen molar-refractivity contribution >= 4 is 39.1 Å². The normalized spacial score (nSPS) is 18.8. The standard InChI is InChI=1S/C13H16BrNO3S/c14-11-5-4-10(19-11)2-1-3-12(16)15-7-6-9(8-15)13(17)18/h4-5,9H,1-3,6-8H2,(H,17,18)/t9-/m0/s1. The SMILES string of the molecule is O=C(O)[C@H]1CCN(C(=O)CCCc2ccc(Br)s2)C1. The second-order valence-electron chi connectivity index (χ2n) is 4.72. The maximum Gasteiger partial charge on any atom is 0.308 e. The van der Waals surface area contributed by atoms with Gasteiger partial charge in [-0.05, 0) is 47.3 Å². The molecule has 0 aliphatic carbocycles. The lowest BCUT2D eigenvalue weighted by atomic mass is 10.1. The lowest BCUT2D eigenvalue weighted by Crippen LogP contribution is -2.29. The summed E-state index contributed by atoms with van der Waals surface area (Å²) < 4.78 is 1.11. The van der Waals surface area contributed by atoms with Gasteiger partial charge in [0, 0.05) is 24.4 Å². The summed E-state index contributed by atoms with van der Waals surface area (Å²) in [5.41, 5.74) is 0. The van der Waals surface area contributed by atoms with Crippen LogP contribution in [0.3, 0.4) is 0 Å². The Morgan fingerprint density at radius 3 is 2.84 bits per heavy atom. The number of carboxylic acid groups (broad SMARTS) is 1. The minimum absolute atomic E-state index is 0.0828. The molecule has 0 unspecified atom stereocenters. The number of carbonyl (C=O) groups excluding carboxylic acids is 1. The molecule has 1 amide bonds. The third-order valence-electron chi connectivity index (χ3n) is 3.33. The van der Waals surface area contributed by atoms with Crippen LogP contribution in [0, 0.1) is 5.92 Å². The summed E-state index contributed by atoms with van der Waals surface area (Å²) in [7, 11) is 0. The number of hydrogen-bond acceptors (Lipinski definition) is 3. The first kappa shape index (κ1) is 14.5. The highest BCUT2D eigenvalue weighted by Gasteiger charge is 2.30. The van der Waals surface area contributed by atoms with Crippen LogP contribution in [0.25, 0.3) is 0 Å². The molecule has 104 valence electrons. The third-order valence-corrected chi connectivity index (χ3v) is 5.02. The first-order valence-electron chi connectivity index (χ1n) is 6.31. The summed E-state index contributed by atoms with van der Waals surface area (Å²) in [6.45, 7) is 0.957. The number of aryl methyl sites for hydroxylation is 1. The van der Waals surface area contributed by atoms with Crippen molar-refractivity contribution in [2.24, 2.45) is 5.92 Å². The molecule has 4 nitrogen and oxygen atoms in total. The highest BCUT2D eigenvalue weighted by Crippen LogP contribution is 2.24. The first-order valence-corrected chi connectivity index (χ1v) is 7.92. The molecule has 1 fully saturated rings. The summed E-state index contributed by atoms with van der Waals surface area (Å²) in [6.07, 6.45) is 2.80. The van der Waals surface area contributed by atoms with Crippen LogP contribution >= 0.6 is 27.3 Å². The molecular weight excluding hydrogens is 330 g/mol. The quantitative estimate of drug-likeness (QED) is 0.892. The summed E-state index contributed by atoms with van der Waals surface area (Å²) in [5.74, 6) is -1.09. The van der Waals surface area contributed by atoms with Crippen LogP contribution < -0.4 is 0 Å². The number of aliphatic carboxylic acids is 1. The number of amides is 1. The molecule has 0 radical (unpaired) electrons. The van der Waals surface area contributed by atoms with Crippen LogP contribution in [0.2, 0.25) is 0 Å². The molecule has 2 heterocycles. The second kappa shape index (κ2) is 6.52. The molecule has 1 saturated heterocycles. The maximum absolute atomic E-state index is 11.9. The van der Waals surface area contributed by atoms with E-state index in [1.165, 1.54) is 4.88 Å². The van der Waals surface area contributed by atoms with Gasteiger partial charge in [-0.15, -0.1) is 11.3 Å². The molecule has 6 heteroatoms. The molecule has 0 spiro atoms. The zero-order valence-corrected chi connectivity index (χ0v) is 12.9. The van der Waals surface area contributed by atoms with E-state index in [4.69, 9.17) is 5.11 Å². The van der Waals surface area contributed by atoms with Gasteiger partial charge in [0.1, 0.15) is 0 Å². The average Bonchev–Trinajstić information content (AvgIpc) is 2.98. The second-order valence-corrected chi connectivity index (χ2v) is 7.27. The van der Waals surface area contributed by atoms with Gasteiger partial charge in [-0.3, -0.25) is 9.59 Å². The summed E-state index contributed by atoms with van der Waals surface area (Å²) in [6, 6.07) is 4.08. The number of rotatable bonds is 5. The molecule has 2 rings (SSSR count). The van der Waals surface area contributed by atoms with E-state index in [1.807, 2.05) is 6.07 Å². The lowest BCUT2D eigenvalue weighted by molar-refractivity contribution is -0.141. The third kappa shape index (κ3) is 4.04. The Balaban J connectivity index is 1.72. The largest absolute Gasteiger partial charge is 0.481 e. The van der Waals surface area contributed by atoms with Crippen molar-refractivity contribution < 1.29 is 14.7 Å². The van der Waals surface area contributed by atoms with E-state index in [2.05, 4.69) is 22.0 Å². The van der Waals surface area contributed by atoms with Crippen molar-refractivity contribution in [3.05, 3.63) is 20.8 Å². The van der Waals surface area contributed by atoms with Gasteiger partial charge in [0.2, 0.25) is 5.91 Å². The maximum atomic E-state index is 11.9. The molecule has 1 atom stereocenters. The van der Waals surface area contributed by atoms with E-state index < -0.39 is 5.97 Å². The summed E-state index contributed by atoms with van der Waals surface area (Å²) >= 11 is 5.10. The van der Waals surface area contributed by atoms with Gasteiger partial charge < -0.3 is 10.0 Å². The van der Waals surface area contributed by atoms with Crippen LogP contribution in [-0.2, 0) is 16.0 Å². The Morgan fingerprint density at radius 1 is 1.47 bits per heavy atom. The van der Waals surface area contributed by atoms with Crippen molar-refractivity contribution in [1.29, 1.82) is 0 Å². The monoisotopic (exact) mass is 345 g/mol. The predicted molar refractivity (Wildman–Crippen MR) is 77.3 cm³/mol. The van der Waals surface area contributed by atoms with Crippen LogP contribution in [0.1, 0.15) is 24.1 Å². The molecule has 1 aromatic heterocycles. The average molecular weight is 346 g/mol. The Hall–Kier alpha value is -0.880. The van der Waals surface area contributed by atoms with Crippen LogP contribution in [0.5, 0.6) is 0 Å². The molecule has 1 N–H and O–H groups in total. The van der Waals surface area contributed by atoms with E-state index in [1.54, 1.807) is 16.2 Å². The summed E-state index contributed by atoms with van der Waals surface area (Å²) in [4.78, 5) is 25.7. The molecule has 0 aromatic carbocycles. The van der Waals surface area contributed by atoms with E-state index in [9.17, 15) is 9.59 Å². The molecule has 19 heavy (non-hydrogen) atoms. The zero-order valence-electron chi connectivity index (χ0n) is 10.5. The fourth-order valence-electron chi connectivity index (χ4n) is 2.25. The number of likely N-dealkylation sites (tertiary alicyclic amines) is 1. The smallest absolute Gasteiger partial charge is 0.308 e. The fraction of sp³-hybridized carbons (Fsp3) is 0.538. The lowest BCUT2D eigenvalue weighted by Gasteiger charge is -2.15. The first-order chi connectivity index (χ1) is 9.06. The van der Waals surface area contributed by atoms with Gasteiger partial charge in [-0.1, -0.05) is 0 Å². The Morgan fingerprint density at radius 2 is 2.26 bits per heavy atom. The fourth-order valence-corrected chi connectivity index (χ4v) is 3.77. The minimum Gasteiger partial charge on any atom is -0.481 e. The van der Waals surface area contributed by atoms with Gasteiger partial charge in [0.15, 0.2) is 0 Å². The van der Waals surface area contributed by atoms with E-state index >= 15 is 0 Å². The molecule has 1 aliphatic heterocycles. The van der Waals surface area contributed by atoms with Crippen LogP contribution in [0.4, 0.5) is 0 Å². The van der Waals surface area contributed by atoms with Crippen molar-refractivity contribution in [1.82, 2.24) is 4.90 Å². The van der Waals surface area contributed by atoms with Crippen molar-refractivity contribution in [2.45, 2.75) is 25.7 Å². The van der Waals surface area contributed by atoms with Gasteiger partial charge in [-0.25, -0.2) is 0 Å².